The molecule has 0 fully saturated rings. The molecule has 2 aromatic carbocycles. The van der Waals surface area contributed by atoms with Crippen molar-refractivity contribution < 1.29 is 9.47 Å². The summed E-state index contributed by atoms with van der Waals surface area (Å²) in [5, 5.41) is 4.45. The van der Waals surface area contributed by atoms with Crippen LogP contribution in [0.15, 0.2) is 42.5 Å². The molecule has 0 aliphatic carbocycles. The van der Waals surface area contributed by atoms with Crippen LogP contribution in [0.2, 0.25) is 10.0 Å². The number of ether oxygens (including phenoxy) is 2. The summed E-state index contributed by atoms with van der Waals surface area (Å²) in [7, 11) is 0. The van der Waals surface area contributed by atoms with Crippen molar-refractivity contribution in [3.05, 3.63) is 52.5 Å². The van der Waals surface area contributed by atoms with Crippen LogP contribution in [-0.4, -0.2) is 19.3 Å². The summed E-state index contributed by atoms with van der Waals surface area (Å²) in [6, 6.07) is 13.1. The lowest BCUT2D eigenvalue weighted by Gasteiger charge is -2.17. The van der Waals surface area contributed by atoms with Gasteiger partial charge in [0.05, 0.1) is 18.2 Å². The quantitative estimate of drug-likeness (QED) is 0.629. The van der Waals surface area contributed by atoms with Crippen molar-refractivity contribution in [1.29, 1.82) is 0 Å². The first-order valence-electron chi connectivity index (χ1n) is 8.02. The number of nitrogens with one attached hydrogen (secondary N) is 1. The van der Waals surface area contributed by atoms with E-state index in [1.54, 1.807) is 18.2 Å². The minimum atomic E-state index is -0.0412. The van der Waals surface area contributed by atoms with E-state index in [0.29, 0.717) is 28.3 Å². The molecular weight excluding hydrogens is 345 g/mol. The van der Waals surface area contributed by atoms with Crippen LogP contribution in [0.1, 0.15) is 20.8 Å². The van der Waals surface area contributed by atoms with E-state index in [2.05, 4.69) is 19.2 Å². The maximum absolute atomic E-state index is 6.12. The monoisotopic (exact) mass is 367 g/mol. The number of hydrogen-bond acceptors (Lipinski definition) is 3. The van der Waals surface area contributed by atoms with Crippen LogP contribution in [-0.2, 0) is 0 Å². The van der Waals surface area contributed by atoms with Gasteiger partial charge in [-0.2, -0.15) is 0 Å². The second-order valence-electron chi connectivity index (χ2n) is 6.11. The second kappa shape index (κ2) is 9.05. The SMILES string of the molecule is CC(C)COc1ccc(NCC(C)Oc2ccc(Cl)cc2Cl)cc1. The van der Waals surface area contributed by atoms with Gasteiger partial charge in [0.1, 0.15) is 17.6 Å². The smallest absolute Gasteiger partial charge is 0.138 e. The van der Waals surface area contributed by atoms with E-state index in [1.165, 1.54) is 0 Å². The summed E-state index contributed by atoms with van der Waals surface area (Å²) in [5.74, 6) is 2.03. The van der Waals surface area contributed by atoms with Crippen molar-refractivity contribution in [2.24, 2.45) is 5.92 Å². The average molecular weight is 368 g/mol. The molecule has 1 N–H and O–H groups in total. The first-order chi connectivity index (χ1) is 11.4. The lowest BCUT2D eigenvalue weighted by molar-refractivity contribution is 0.235. The van der Waals surface area contributed by atoms with E-state index >= 15 is 0 Å². The van der Waals surface area contributed by atoms with Crippen molar-refractivity contribution in [1.82, 2.24) is 0 Å². The Kier molecular flexibility index (Phi) is 7.07. The molecule has 0 aliphatic rings. The Hall–Kier alpha value is -1.58. The van der Waals surface area contributed by atoms with Crippen LogP contribution in [0.5, 0.6) is 11.5 Å². The van der Waals surface area contributed by atoms with E-state index in [1.807, 2.05) is 31.2 Å². The van der Waals surface area contributed by atoms with Gasteiger partial charge in [-0.15, -0.1) is 0 Å². The first kappa shape index (κ1) is 18.8. The van der Waals surface area contributed by atoms with Gasteiger partial charge in [0.15, 0.2) is 0 Å². The van der Waals surface area contributed by atoms with Crippen molar-refractivity contribution in [2.45, 2.75) is 26.9 Å². The molecule has 0 saturated carbocycles. The van der Waals surface area contributed by atoms with Gasteiger partial charge >= 0.3 is 0 Å². The molecule has 0 bridgehead atoms. The Labute approximate surface area is 153 Å². The highest BCUT2D eigenvalue weighted by molar-refractivity contribution is 6.35. The fourth-order valence-corrected chi connectivity index (χ4v) is 2.48. The second-order valence-corrected chi connectivity index (χ2v) is 6.96. The number of halogens is 2. The predicted octanol–water partition coefficient (Wildman–Crippen LogP) is 5.91. The maximum atomic E-state index is 6.12. The third-order valence-electron chi connectivity index (χ3n) is 3.25. The zero-order valence-electron chi connectivity index (χ0n) is 14.2. The Balaban J connectivity index is 1.81. The largest absolute Gasteiger partial charge is 0.493 e. The van der Waals surface area contributed by atoms with Gasteiger partial charge in [0.2, 0.25) is 0 Å². The Morgan fingerprint density at radius 3 is 2.33 bits per heavy atom. The van der Waals surface area contributed by atoms with E-state index in [9.17, 15) is 0 Å². The minimum Gasteiger partial charge on any atom is -0.493 e. The summed E-state index contributed by atoms with van der Waals surface area (Å²) >= 11 is 12.0. The molecule has 1 atom stereocenters. The lowest BCUT2D eigenvalue weighted by atomic mass is 10.2. The molecular formula is C19H23Cl2NO2. The van der Waals surface area contributed by atoms with Crippen LogP contribution in [0.25, 0.3) is 0 Å². The number of hydrogen-bond donors (Lipinski definition) is 1. The molecule has 2 rings (SSSR count). The minimum absolute atomic E-state index is 0.0412. The van der Waals surface area contributed by atoms with Crippen LogP contribution in [0, 0.1) is 5.92 Å². The Bertz CT molecular complexity index is 644. The molecule has 3 nitrogen and oxygen atoms in total. The zero-order valence-corrected chi connectivity index (χ0v) is 15.7. The van der Waals surface area contributed by atoms with Crippen molar-refractivity contribution in [3.63, 3.8) is 0 Å². The Morgan fingerprint density at radius 2 is 1.71 bits per heavy atom. The van der Waals surface area contributed by atoms with E-state index < -0.39 is 0 Å². The highest BCUT2D eigenvalue weighted by Crippen LogP contribution is 2.28. The van der Waals surface area contributed by atoms with Gasteiger partial charge < -0.3 is 14.8 Å². The molecule has 130 valence electrons. The average Bonchev–Trinajstić information content (AvgIpc) is 2.54. The molecule has 1 unspecified atom stereocenters. The topological polar surface area (TPSA) is 30.5 Å². The summed E-state index contributed by atoms with van der Waals surface area (Å²) in [6.45, 7) is 7.62. The fraction of sp³-hybridized carbons (Fsp3) is 0.368. The van der Waals surface area contributed by atoms with Gasteiger partial charge in [0, 0.05) is 10.7 Å². The maximum Gasteiger partial charge on any atom is 0.138 e. The molecule has 2 aromatic rings. The summed E-state index contributed by atoms with van der Waals surface area (Å²) in [6.07, 6.45) is -0.0412. The number of benzene rings is 2. The first-order valence-corrected chi connectivity index (χ1v) is 8.78. The summed E-state index contributed by atoms with van der Waals surface area (Å²) in [4.78, 5) is 0. The highest BCUT2D eigenvalue weighted by Gasteiger charge is 2.08. The Morgan fingerprint density at radius 1 is 1.00 bits per heavy atom. The lowest BCUT2D eigenvalue weighted by Crippen LogP contribution is -2.22. The molecule has 0 amide bonds. The molecule has 0 radical (unpaired) electrons. The zero-order chi connectivity index (χ0) is 17.5. The number of rotatable bonds is 8. The predicted molar refractivity (Wildman–Crippen MR) is 102 cm³/mol. The van der Waals surface area contributed by atoms with Crippen LogP contribution in [0.4, 0.5) is 5.69 Å². The molecule has 0 spiro atoms. The van der Waals surface area contributed by atoms with Gasteiger partial charge in [-0.3, -0.25) is 0 Å². The normalized spacial score (nSPS) is 12.1. The van der Waals surface area contributed by atoms with Gasteiger partial charge in [-0.05, 0) is 55.3 Å². The molecule has 24 heavy (non-hydrogen) atoms. The summed E-state index contributed by atoms with van der Waals surface area (Å²) in [5.41, 5.74) is 1.02. The van der Waals surface area contributed by atoms with Crippen LogP contribution < -0.4 is 14.8 Å². The van der Waals surface area contributed by atoms with Gasteiger partial charge in [-0.1, -0.05) is 37.0 Å². The van der Waals surface area contributed by atoms with Crippen LogP contribution in [0.3, 0.4) is 0 Å². The fourth-order valence-electron chi connectivity index (χ4n) is 2.02. The summed E-state index contributed by atoms with van der Waals surface area (Å²) < 4.78 is 11.5. The molecule has 5 heteroatoms. The number of anilines is 1. The van der Waals surface area contributed by atoms with Crippen molar-refractivity contribution in [3.8, 4) is 11.5 Å². The van der Waals surface area contributed by atoms with Crippen molar-refractivity contribution in [2.75, 3.05) is 18.5 Å². The molecule has 0 saturated heterocycles. The van der Waals surface area contributed by atoms with Crippen molar-refractivity contribution >= 4 is 28.9 Å². The van der Waals surface area contributed by atoms with E-state index in [-0.39, 0.29) is 6.10 Å². The molecule has 0 aliphatic heterocycles. The highest BCUT2D eigenvalue weighted by atomic mass is 35.5. The van der Waals surface area contributed by atoms with Gasteiger partial charge in [-0.25, -0.2) is 0 Å². The van der Waals surface area contributed by atoms with E-state index in [0.717, 1.165) is 18.0 Å². The molecule has 0 heterocycles. The standard InChI is InChI=1S/C19H23Cl2NO2/c1-13(2)12-23-17-7-5-16(6-8-17)22-11-14(3)24-19-9-4-15(20)10-18(19)21/h4-10,13-14,22H,11-12H2,1-3H3. The molecule has 0 aromatic heterocycles. The third kappa shape index (κ3) is 6.14. The van der Waals surface area contributed by atoms with Gasteiger partial charge in [0.25, 0.3) is 0 Å². The third-order valence-corrected chi connectivity index (χ3v) is 3.78. The van der Waals surface area contributed by atoms with Crippen LogP contribution >= 0.6 is 23.2 Å². The van der Waals surface area contributed by atoms with E-state index in [4.69, 9.17) is 32.7 Å².